The van der Waals surface area contributed by atoms with Crippen molar-refractivity contribution in [3.63, 3.8) is 0 Å². The van der Waals surface area contributed by atoms with E-state index < -0.39 is 0 Å². The zero-order valence-electron chi connectivity index (χ0n) is 13.6. The fourth-order valence-electron chi connectivity index (χ4n) is 0.859. The maximum atomic E-state index is 9.98. The Bertz CT molecular complexity index is 368. The second-order valence-electron chi connectivity index (χ2n) is 4.10. The molecule has 0 amide bonds. The summed E-state index contributed by atoms with van der Waals surface area (Å²) in [6.45, 7) is 8.09. The van der Waals surface area contributed by atoms with Crippen molar-refractivity contribution in [1.82, 2.24) is 0 Å². The van der Waals surface area contributed by atoms with Gasteiger partial charge in [-0.05, 0) is 39.0 Å². The predicted molar refractivity (Wildman–Crippen MR) is 73.3 cm³/mol. The maximum Gasteiger partial charge on any atom is 3.00 e. The Kier molecular flexibility index (Phi) is 22.2. The molecule has 0 aromatic carbocycles. The van der Waals surface area contributed by atoms with Crippen LogP contribution in [-0.4, -0.2) is 17.3 Å². The minimum absolute atomic E-state index is 0. The number of carbonyl (C=O) groups excluding carboxylic acids is 3. The number of carbonyl (C=O) groups is 3. The number of ketones is 3. The molecule has 0 aliphatic carbocycles. The van der Waals surface area contributed by atoms with Crippen molar-refractivity contribution >= 4 is 17.3 Å². The summed E-state index contributed by atoms with van der Waals surface area (Å²) in [5, 5.41) is 29.9. The molecule has 7 heteroatoms. The van der Waals surface area contributed by atoms with Crippen molar-refractivity contribution in [2.24, 2.45) is 0 Å². The first-order valence-corrected chi connectivity index (χ1v) is 5.96. The SMILES string of the molecule is CC(=O)/C=C(/C)[O-].CC(=O)/C=C(/C)[O-].CC(=O)/C=C(/C)[O-].[Mn+3]. The van der Waals surface area contributed by atoms with Gasteiger partial charge < -0.3 is 15.3 Å². The molecule has 0 aromatic heterocycles. The molecule has 0 spiro atoms. The van der Waals surface area contributed by atoms with E-state index in [-0.39, 0.29) is 51.7 Å². The zero-order valence-corrected chi connectivity index (χ0v) is 14.7. The van der Waals surface area contributed by atoms with Crippen molar-refractivity contribution in [2.75, 3.05) is 0 Å². The molecule has 124 valence electrons. The summed E-state index contributed by atoms with van der Waals surface area (Å²) in [5.74, 6) is -1.12. The third-order valence-electron chi connectivity index (χ3n) is 1.22. The molecule has 0 unspecified atom stereocenters. The molecule has 0 saturated heterocycles. The summed E-state index contributed by atoms with van der Waals surface area (Å²) in [4.78, 5) is 29.9. The van der Waals surface area contributed by atoms with Gasteiger partial charge in [0.25, 0.3) is 0 Å². The van der Waals surface area contributed by atoms with Crippen LogP contribution in [0.15, 0.2) is 35.5 Å². The summed E-state index contributed by atoms with van der Waals surface area (Å²) in [6, 6.07) is 0. The third-order valence-corrected chi connectivity index (χ3v) is 1.22. The second-order valence-corrected chi connectivity index (χ2v) is 4.10. The fraction of sp³-hybridized carbons (Fsp3) is 0.400. The molecule has 0 aliphatic rings. The van der Waals surface area contributed by atoms with E-state index in [1.165, 1.54) is 41.5 Å². The molecule has 6 nitrogen and oxygen atoms in total. The summed E-state index contributed by atoms with van der Waals surface area (Å²) in [6.07, 6.45) is 3.17. The second kappa shape index (κ2) is 17.2. The molecule has 0 heterocycles. The summed E-state index contributed by atoms with van der Waals surface area (Å²) < 4.78 is 0. The molecule has 22 heavy (non-hydrogen) atoms. The molecule has 0 aromatic rings. The third kappa shape index (κ3) is 51.8. The molecule has 0 aliphatic heterocycles. The van der Waals surface area contributed by atoms with Crippen LogP contribution < -0.4 is 15.3 Å². The van der Waals surface area contributed by atoms with Gasteiger partial charge in [0.1, 0.15) is 0 Å². The normalized spacial score (nSPS) is 10.9. The molecule has 0 fully saturated rings. The average Bonchev–Trinajstić information content (AvgIpc) is 2.10. The van der Waals surface area contributed by atoms with Gasteiger partial charge in [0, 0.05) is 0 Å². The van der Waals surface area contributed by atoms with Gasteiger partial charge in [-0.25, -0.2) is 0 Å². The van der Waals surface area contributed by atoms with Gasteiger partial charge in [0.2, 0.25) is 0 Å². The number of hydrogen-bond donors (Lipinski definition) is 0. The van der Waals surface area contributed by atoms with Gasteiger partial charge in [-0.2, -0.15) is 0 Å². The number of hydrogen-bond acceptors (Lipinski definition) is 6. The van der Waals surface area contributed by atoms with Crippen LogP contribution >= 0.6 is 0 Å². The monoisotopic (exact) mass is 352 g/mol. The van der Waals surface area contributed by atoms with Crippen LogP contribution in [0.2, 0.25) is 0 Å². The van der Waals surface area contributed by atoms with Crippen LogP contribution in [-0.2, 0) is 31.5 Å². The summed E-state index contributed by atoms with van der Waals surface area (Å²) in [7, 11) is 0. The quantitative estimate of drug-likeness (QED) is 0.384. The van der Waals surface area contributed by atoms with E-state index in [9.17, 15) is 29.7 Å². The smallest absolute Gasteiger partial charge is 0.876 e. The van der Waals surface area contributed by atoms with Crippen LogP contribution in [0.5, 0.6) is 0 Å². The first-order chi connectivity index (χ1) is 9.38. The van der Waals surface area contributed by atoms with E-state index in [1.54, 1.807) is 0 Å². The minimum Gasteiger partial charge on any atom is -0.876 e. The first kappa shape index (κ1) is 28.3. The molecule has 0 radical (unpaired) electrons. The molecular weight excluding hydrogens is 331 g/mol. The average molecular weight is 352 g/mol. The van der Waals surface area contributed by atoms with Gasteiger partial charge in [-0.15, -0.1) is 17.3 Å². The Labute approximate surface area is 141 Å². The standard InChI is InChI=1S/3C5H8O2.Mn/c3*1-4(6)3-5(2)7;/h3*3,6H,1-2H3;/q;;;+3/p-3/b3*4-3-;. The molecule has 0 rings (SSSR count). The summed E-state index contributed by atoms with van der Waals surface area (Å²) >= 11 is 0. The molecular formula is C15H21MnO6. The first-order valence-electron chi connectivity index (χ1n) is 5.96. The number of rotatable bonds is 3. The van der Waals surface area contributed by atoms with Crippen LogP contribution in [0.25, 0.3) is 0 Å². The van der Waals surface area contributed by atoms with Gasteiger partial charge in [-0.3, -0.25) is 14.4 Å². The van der Waals surface area contributed by atoms with Crippen LogP contribution in [0, 0.1) is 0 Å². The van der Waals surface area contributed by atoms with Gasteiger partial charge in [0.15, 0.2) is 17.3 Å². The zero-order chi connectivity index (χ0) is 17.6. The van der Waals surface area contributed by atoms with Gasteiger partial charge >= 0.3 is 17.1 Å². The predicted octanol–water partition coefficient (Wildman–Crippen LogP) is -0.484. The number of allylic oxidation sites excluding steroid dienone is 6. The Morgan fingerprint density at radius 3 is 0.682 bits per heavy atom. The van der Waals surface area contributed by atoms with Crippen molar-refractivity contribution < 1.29 is 46.8 Å². The van der Waals surface area contributed by atoms with Gasteiger partial charge in [-0.1, -0.05) is 20.8 Å². The van der Waals surface area contributed by atoms with Crippen LogP contribution in [0.1, 0.15) is 41.5 Å². The Morgan fingerprint density at radius 2 is 0.682 bits per heavy atom. The van der Waals surface area contributed by atoms with Crippen molar-refractivity contribution in [3.8, 4) is 0 Å². The molecule has 0 N–H and O–H groups in total. The topological polar surface area (TPSA) is 120 Å². The Hall–Kier alpha value is -1.85. The molecule has 0 atom stereocenters. The van der Waals surface area contributed by atoms with Crippen molar-refractivity contribution in [2.45, 2.75) is 41.5 Å². The van der Waals surface area contributed by atoms with Crippen molar-refractivity contribution in [1.29, 1.82) is 0 Å². The van der Waals surface area contributed by atoms with Crippen LogP contribution in [0.3, 0.4) is 0 Å². The maximum absolute atomic E-state index is 9.98. The van der Waals surface area contributed by atoms with E-state index in [2.05, 4.69) is 0 Å². The summed E-state index contributed by atoms with van der Waals surface area (Å²) in [5.41, 5.74) is 0. The Balaban J connectivity index is -0.000000108. The Morgan fingerprint density at radius 1 is 0.545 bits per heavy atom. The van der Waals surface area contributed by atoms with Gasteiger partial charge in [0.05, 0.1) is 0 Å². The van der Waals surface area contributed by atoms with E-state index in [4.69, 9.17) is 0 Å². The van der Waals surface area contributed by atoms with Crippen molar-refractivity contribution in [3.05, 3.63) is 35.5 Å². The fourth-order valence-corrected chi connectivity index (χ4v) is 0.859. The molecule has 0 saturated carbocycles. The van der Waals surface area contributed by atoms with Crippen LogP contribution in [0.4, 0.5) is 0 Å². The van der Waals surface area contributed by atoms with E-state index >= 15 is 0 Å². The minimum atomic E-state index is -0.187. The largest absolute Gasteiger partial charge is 3.00 e. The molecule has 0 bridgehead atoms. The van der Waals surface area contributed by atoms with E-state index in [0.29, 0.717) is 0 Å². The van der Waals surface area contributed by atoms with E-state index in [0.717, 1.165) is 18.2 Å². The van der Waals surface area contributed by atoms with E-state index in [1.807, 2.05) is 0 Å².